The number of carbonyl (C=O) groups is 1. The number of hydrogen-bond acceptors (Lipinski definition) is 5. The highest BCUT2D eigenvalue weighted by molar-refractivity contribution is 5.83. The van der Waals surface area contributed by atoms with E-state index in [1.807, 2.05) is 12.1 Å². The van der Waals surface area contributed by atoms with Crippen molar-refractivity contribution in [3.63, 3.8) is 0 Å². The Hall–Kier alpha value is -2.31. The van der Waals surface area contributed by atoms with E-state index in [2.05, 4.69) is 20.7 Å². The Morgan fingerprint density at radius 3 is 3.12 bits per heavy atom. The van der Waals surface area contributed by atoms with Gasteiger partial charge in [-0.2, -0.15) is 4.98 Å². The lowest BCUT2D eigenvalue weighted by Crippen LogP contribution is -2.14. The van der Waals surface area contributed by atoms with E-state index in [-0.39, 0.29) is 5.95 Å². The Balaban J connectivity index is 2.28. The van der Waals surface area contributed by atoms with E-state index in [4.69, 9.17) is 4.74 Å². The molecule has 0 aliphatic carbocycles. The van der Waals surface area contributed by atoms with Gasteiger partial charge in [0.15, 0.2) is 5.65 Å². The molecule has 2 N–H and O–H groups in total. The van der Waals surface area contributed by atoms with Gasteiger partial charge in [-0.1, -0.05) is 0 Å². The van der Waals surface area contributed by atoms with Crippen LogP contribution in [-0.4, -0.2) is 34.3 Å². The van der Waals surface area contributed by atoms with Gasteiger partial charge in [0, 0.05) is 13.2 Å². The maximum atomic E-state index is 11.2. The number of nitrogens with one attached hydrogen (secondary N) is 2. The van der Waals surface area contributed by atoms with Crippen molar-refractivity contribution in [2.24, 2.45) is 0 Å². The number of rotatable bonds is 3. The van der Waals surface area contributed by atoms with Gasteiger partial charge in [-0.25, -0.2) is 9.31 Å². The van der Waals surface area contributed by atoms with E-state index < -0.39 is 6.09 Å². The Morgan fingerprint density at radius 2 is 2.41 bits per heavy atom. The molecular formula is C10H13N5O2. The number of pyridine rings is 1. The van der Waals surface area contributed by atoms with Crippen molar-refractivity contribution in [2.75, 3.05) is 24.3 Å². The summed E-state index contributed by atoms with van der Waals surface area (Å²) in [6.07, 6.45) is 1.19. The third-order valence-electron chi connectivity index (χ3n) is 2.12. The normalized spacial score (nSPS) is 10.2. The summed E-state index contributed by atoms with van der Waals surface area (Å²) in [5.74, 6) is 0.214. The predicted molar refractivity (Wildman–Crippen MR) is 63.2 cm³/mol. The zero-order chi connectivity index (χ0) is 12.3. The average Bonchev–Trinajstić information content (AvgIpc) is 2.70. The summed E-state index contributed by atoms with van der Waals surface area (Å²) in [7, 11) is 1.79. The third kappa shape index (κ3) is 2.27. The molecule has 2 heterocycles. The van der Waals surface area contributed by atoms with Crippen LogP contribution < -0.4 is 10.6 Å². The van der Waals surface area contributed by atoms with Gasteiger partial charge < -0.3 is 10.1 Å². The average molecular weight is 235 g/mol. The summed E-state index contributed by atoms with van der Waals surface area (Å²) in [4.78, 5) is 15.4. The van der Waals surface area contributed by atoms with E-state index in [0.29, 0.717) is 12.3 Å². The number of aromatic nitrogens is 3. The molecule has 0 fully saturated rings. The second-order valence-corrected chi connectivity index (χ2v) is 3.22. The van der Waals surface area contributed by atoms with E-state index >= 15 is 0 Å². The molecule has 0 saturated carbocycles. The fourth-order valence-corrected chi connectivity index (χ4v) is 1.41. The minimum atomic E-state index is -0.561. The molecule has 0 aromatic carbocycles. The van der Waals surface area contributed by atoms with Crippen LogP contribution in [0.5, 0.6) is 0 Å². The molecule has 0 saturated heterocycles. The van der Waals surface area contributed by atoms with Crippen molar-refractivity contribution < 1.29 is 9.53 Å². The Labute approximate surface area is 97.8 Å². The number of amides is 1. The van der Waals surface area contributed by atoms with Crippen LogP contribution in [-0.2, 0) is 4.74 Å². The number of nitrogens with zero attached hydrogens (tertiary/aromatic N) is 3. The molecule has 2 aromatic rings. The van der Waals surface area contributed by atoms with E-state index in [1.54, 1.807) is 24.7 Å². The molecule has 0 aliphatic heterocycles. The second-order valence-electron chi connectivity index (χ2n) is 3.22. The monoisotopic (exact) mass is 235 g/mol. The van der Waals surface area contributed by atoms with Gasteiger partial charge in [-0.3, -0.25) is 5.32 Å². The van der Waals surface area contributed by atoms with Crippen LogP contribution in [0, 0.1) is 0 Å². The summed E-state index contributed by atoms with van der Waals surface area (Å²) in [6, 6.07) is 3.71. The van der Waals surface area contributed by atoms with Gasteiger partial charge in [0.1, 0.15) is 0 Å². The van der Waals surface area contributed by atoms with Crippen molar-refractivity contribution in [2.45, 2.75) is 6.92 Å². The first-order chi connectivity index (χ1) is 8.24. The van der Waals surface area contributed by atoms with Gasteiger partial charge in [0.2, 0.25) is 0 Å². The molecule has 2 rings (SSSR count). The molecule has 0 bridgehead atoms. The first-order valence-electron chi connectivity index (χ1n) is 5.21. The number of fused-ring (bicyclic) bond motifs is 1. The highest BCUT2D eigenvalue weighted by Crippen LogP contribution is 2.15. The van der Waals surface area contributed by atoms with Crippen LogP contribution in [0.2, 0.25) is 0 Å². The summed E-state index contributed by atoms with van der Waals surface area (Å²) in [5.41, 5.74) is 1.47. The van der Waals surface area contributed by atoms with Crippen LogP contribution in [0.15, 0.2) is 18.3 Å². The molecule has 0 spiro atoms. The zero-order valence-electron chi connectivity index (χ0n) is 9.60. The maximum absolute atomic E-state index is 11.2. The summed E-state index contributed by atoms with van der Waals surface area (Å²) in [5, 5.41) is 9.54. The number of anilines is 2. The molecule has 7 nitrogen and oxygen atoms in total. The van der Waals surface area contributed by atoms with Crippen molar-refractivity contribution in [1.29, 1.82) is 0 Å². The molecule has 2 aromatic heterocycles. The number of carbonyl (C=O) groups excluding carboxylic acids is 1. The quantitative estimate of drug-likeness (QED) is 0.839. The highest BCUT2D eigenvalue weighted by atomic mass is 16.5. The van der Waals surface area contributed by atoms with Gasteiger partial charge in [0.25, 0.3) is 5.95 Å². The third-order valence-corrected chi connectivity index (χ3v) is 2.12. The Bertz CT molecular complexity index is 536. The number of hydrogen-bond donors (Lipinski definition) is 2. The van der Waals surface area contributed by atoms with Crippen LogP contribution in [0.3, 0.4) is 0 Å². The lowest BCUT2D eigenvalue weighted by molar-refractivity contribution is 0.167. The smallest absolute Gasteiger partial charge is 0.414 e. The van der Waals surface area contributed by atoms with Crippen LogP contribution in [0.1, 0.15) is 6.92 Å². The minimum Gasteiger partial charge on any atom is -0.450 e. The SMILES string of the molecule is CCOC(=O)Nc1nc2c(NC)cccn2n1. The Morgan fingerprint density at radius 1 is 1.59 bits per heavy atom. The van der Waals surface area contributed by atoms with E-state index in [9.17, 15) is 4.79 Å². The predicted octanol–water partition coefficient (Wildman–Crippen LogP) is 1.34. The fraction of sp³-hybridized carbons (Fsp3) is 0.300. The molecule has 0 radical (unpaired) electrons. The van der Waals surface area contributed by atoms with Crippen molar-refractivity contribution in [3.8, 4) is 0 Å². The maximum Gasteiger partial charge on any atom is 0.414 e. The molecule has 0 unspecified atom stereocenters. The number of ether oxygens (including phenoxy) is 1. The minimum absolute atomic E-state index is 0.214. The topological polar surface area (TPSA) is 80.5 Å². The molecule has 1 amide bonds. The van der Waals surface area contributed by atoms with Crippen LogP contribution in [0.25, 0.3) is 5.65 Å². The molecular weight excluding hydrogens is 222 g/mol. The molecule has 90 valence electrons. The molecule has 0 atom stereocenters. The summed E-state index contributed by atoms with van der Waals surface area (Å²) in [6.45, 7) is 2.04. The fourth-order valence-electron chi connectivity index (χ4n) is 1.41. The van der Waals surface area contributed by atoms with Crippen LogP contribution in [0.4, 0.5) is 16.4 Å². The first kappa shape index (κ1) is 11.2. The van der Waals surface area contributed by atoms with Gasteiger partial charge >= 0.3 is 6.09 Å². The van der Waals surface area contributed by atoms with Gasteiger partial charge in [-0.15, -0.1) is 5.10 Å². The zero-order valence-corrected chi connectivity index (χ0v) is 9.60. The van der Waals surface area contributed by atoms with Gasteiger partial charge in [-0.05, 0) is 19.1 Å². The lowest BCUT2D eigenvalue weighted by Gasteiger charge is -1.99. The second kappa shape index (κ2) is 4.69. The van der Waals surface area contributed by atoms with Gasteiger partial charge in [0.05, 0.1) is 12.3 Å². The van der Waals surface area contributed by atoms with Crippen molar-refractivity contribution >= 4 is 23.4 Å². The largest absolute Gasteiger partial charge is 0.450 e. The van der Waals surface area contributed by atoms with Crippen LogP contribution >= 0.6 is 0 Å². The summed E-state index contributed by atoms with van der Waals surface area (Å²) < 4.78 is 6.32. The van der Waals surface area contributed by atoms with Crippen molar-refractivity contribution in [1.82, 2.24) is 14.6 Å². The summed E-state index contributed by atoms with van der Waals surface area (Å²) >= 11 is 0. The van der Waals surface area contributed by atoms with E-state index in [1.165, 1.54) is 0 Å². The molecule has 7 heteroatoms. The highest BCUT2D eigenvalue weighted by Gasteiger charge is 2.09. The lowest BCUT2D eigenvalue weighted by atomic mass is 10.4. The van der Waals surface area contributed by atoms with E-state index in [0.717, 1.165) is 5.69 Å². The standard InChI is InChI=1S/C10H13N5O2/c1-3-17-10(16)13-9-12-8-7(11-2)5-4-6-15(8)14-9/h4-6,11H,3H2,1-2H3,(H,13,14,16). The Kier molecular flexibility index (Phi) is 3.08. The molecule has 0 aliphatic rings. The first-order valence-corrected chi connectivity index (χ1v) is 5.21. The van der Waals surface area contributed by atoms with Crippen molar-refractivity contribution in [3.05, 3.63) is 18.3 Å². The molecule has 17 heavy (non-hydrogen) atoms.